The molecule has 12 heteroatoms. The Hall–Kier alpha value is -3.95. The summed E-state index contributed by atoms with van der Waals surface area (Å²) in [5.41, 5.74) is 3.21. The molecular formula is C36H31BBr2IN2O6-. The van der Waals surface area contributed by atoms with Gasteiger partial charge in [-0.15, -0.1) is 0 Å². The maximum Gasteiger partial charge on any atom is 0.488 e. The molecule has 3 N–H and O–H groups in total. The van der Waals surface area contributed by atoms with Crippen LogP contribution in [0.4, 0.5) is 0 Å². The highest BCUT2D eigenvalue weighted by molar-refractivity contribution is 9.10. The SMILES string of the molecule is O=c1cc(OCc2ccccc2)cc[nH]1.O=c1cc(OCc2ccccc2)ccn1-c1ccc(Br)cc1.OB(O)c1ccc(Br)cc1.[I-]. The van der Waals surface area contributed by atoms with Crippen LogP contribution in [0.25, 0.3) is 5.69 Å². The molecule has 6 rings (SSSR count). The van der Waals surface area contributed by atoms with Gasteiger partial charge in [0, 0.05) is 39.2 Å². The van der Waals surface area contributed by atoms with Crippen LogP contribution < -0.4 is 50.0 Å². The number of rotatable bonds is 8. The van der Waals surface area contributed by atoms with Gasteiger partial charge in [-0.3, -0.25) is 14.2 Å². The lowest BCUT2D eigenvalue weighted by Crippen LogP contribution is -3.00. The van der Waals surface area contributed by atoms with Crippen LogP contribution in [0.2, 0.25) is 0 Å². The molecule has 0 spiro atoms. The maximum absolute atomic E-state index is 12.2. The number of aromatic amines is 1. The third-order valence-electron chi connectivity index (χ3n) is 6.41. The zero-order valence-corrected chi connectivity index (χ0v) is 30.8. The number of benzene rings is 4. The van der Waals surface area contributed by atoms with Gasteiger partial charge in [-0.25, -0.2) is 0 Å². The number of pyridine rings is 2. The van der Waals surface area contributed by atoms with Crippen molar-refractivity contribution in [3.05, 3.63) is 187 Å². The standard InChI is InChI=1S/C18H14BrNO2.C12H11NO2.C6H6BBrO2.HI/c19-15-6-8-16(9-7-15)20-11-10-17(12-18(20)21)22-13-14-4-2-1-3-5-14;14-12-8-11(6-7-13-12)15-9-10-4-2-1-3-5-10;8-6-3-1-5(2-4-6)7(9)10;/h1-12H,13H2;1-8H,9H2,(H,13,14);1-4,9-10H;1H/p-1. The van der Waals surface area contributed by atoms with E-state index in [0.717, 1.165) is 25.8 Å². The second-order valence-corrected chi connectivity index (χ2v) is 11.7. The molecule has 0 fully saturated rings. The second kappa shape index (κ2) is 20.4. The van der Waals surface area contributed by atoms with Crippen molar-refractivity contribution in [1.29, 1.82) is 0 Å². The largest absolute Gasteiger partial charge is 1.00 e. The minimum atomic E-state index is -1.37. The lowest BCUT2D eigenvalue weighted by Gasteiger charge is -2.09. The Morgan fingerprint density at radius 3 is 1.62 bits per heavy atom. The average Bonchev–Trinajstić information content (AvgIpc) is 3.09. The number of hydrogen-bond donors (Lipinski definition) is 3. The summed E-state index contributed by atoms with van der Waals surface area (Å²) >= 11 is 6.61. The van der Waals surface area contributed by atoms with E-state index in [9.17, 15) is 9.59 Å². The molecule has 2 heterocycles. The van der Waals surface area contributed by atoms with E-state index in [2.05, 4.69) is 36.8 Å². The van der Waals surface area contributed by atoms with Gasteiger partial charge in [0.15, 0.2) is 0 Å². The van der Waals surface area contributed by atoms with Gasteiger partial charge in [0.1, 0.15) is 24.7 Å². The average molecular weight is 885 g/mol. The van der Waals surface area contributed by atoms with Crippen molar-refractivity contribution in [3.63, 3.8) is 0 Å². The molecule has 8 nitrogen and oxygen atoms in total. The van der Waals surface area contributed by atoms with Crippen LogP contribution in [0, 0.1) is 0 Å². The number of H-pyrrole nitrogens is 1. The molecule has 0 aliphatic heterocycles. The first-order chi connectivity index (χ1) is 22.8. The van der Waals surface area contributed by atoms with E-state index in [0.29, 0.717) is 30.2 Å². The van der Waals surface area contributed by atoms with Gasteiger partial charge in [-0.1, -0.05) is 105 Å². The molecule has 0 bridgehead atoms. The van der Waals surface area contributed by atoms with E-state index in [1.807, 2.05) is 84.9 Å². The molecule has 0 aliphatic rings. The van der Waals surface area contributed by atoms with Gasteiger partial charge in [0.05, 0.1) is 0 Å². The quantitative estimate of drug-likeness (QED) is 0.160. The van der Waals surface area contributed by atoms with Crippen LogP contribution in [0.15, 0.2) is 164 Å². The molecule has 246 valence electrons. The Bertz CT molecular complexity index is 1930. The molecule has 0 aliphatic carbocycles. The summed E-state index contributed by atoms with van der Waals surface area (Å²) in [5, 5.41) is 17.3. The molecule has 0 atom stereocenters. The molecule has 4 aromatic carbocycles. The molecule has 0 saturated heterocycles. The third kappa shape index (κ3) is 13.3. The van der Waals surface area contributed by atoms with Crippen molar-refractivity contribution in [2.24, 2.45) is 0 Å². The van der Waals surface area contributed by atoms with Gasteiger partial charge in [0.25, 0.3) is 11.1 Å². The Morgan fingerprint density at radius 2 is 1.15 bits per heavy atom. The Morgan fingerprint density at radius 1 is 0.646 bits per heavy atom. The summed E-state index contributed by atoms with van der Waals surface area (Å²) in [4.78, 5) is 25.7. The molecule has 48 heavy (non-hydrogen) atoms. The summed E-state index contributed by atoms with van der Waals surface area (Å²) in [7, 11) is -1.37. The topological polar surface area (TPSA) is 114 Å². The minimum absolute atomic E-state index is 0. The van der Waals surface area contributed by atoms with Crippen molar-refractivity contribution >= 4 is 44.4 Å². The molecule has 0 unspecified atom stereocenters. The van der Waals surface area contributed by atoms with E-state index in [1.54, 1.807) is 53.4 Å². The summed E-state index contributed by atoms with van der Waals surface area (Å²) in [5.74, 6) is 1.16. The van der Waals surface area contributed by atoms with Crippen molar-refractivity contribution in [2.45, 2.75) is 13.2 Å². The molecule has 2 aromatic heterocycles. The monoisotopic (exact) mass is 883 g/mol. The van der Waals surface area contributed by atoms with Gasteiger partial charge < -0.3 is 48.5 Å². The number of hydrogen-bond acceptors (Lipinski definition) is 6. The number of nitrogens with one attached hydrogen (secondary N) is 1. The number of aromatic nitrogens is 2. The highest BCUT2D eigenvalue weighted by Crippen LogP contribution is 2.15. The molecular weight excluding hydrogens is 854 g/mol. The smallest absolute Gasteiger partial charge is 0.488 e. The predicted molar refractivity (Wildman–Crippen MR) is 192 cm³/mol. The van der Waals surface area contributed by atoms with Crippen LogP contribution in [0.5, 0.6) is 11.5 Å². The Balaban J connectivity index is 0.000000209. The van der Waals surface area contributed by atoms with Crippen LogP contribution in [-0.4, -0.2) is 26.7 Å². The molecule has 0 radical (unpaired) electrons. The minimum Gasteiger partial charge on any atom is -1.00 e. The van der Waals surface area contributed by atoms with Crippen molar-refractivity contribution < 1.29 is 43.5 Å². The van der Waals surface area contributed by atoms with Crippen LogP contribution >= 0.6 is 31.9 Å². The zero-order valence-electron chi connectivity index (χ0n) is 25.5. The van der Waals surface area contributed by atoms with E-state index in [4.69, 9.17) is 19.5 Å². The van der Waals surface area contributed by atoms with Crippen LogP contribution in [0.3, 0.4) is 0 Å². The summed E-state index contributed by atoms with van der Waals surface area (Å²) in [6.45, 7) is 0.923. The molecule has 0 saturated carbocycles. The number of ether oxygens (including phenoxy) is 2. The van der Waals surface area contributed by atoms with Gasteiger partial charge in [0.2, 0.25) is 0 Å². The molecule has 6 aromatic rings. The molecule has 0 amide bonds. The fourth-order valence-corrected chi connectivity index (χ4v) is 4.53. The fourth-order valence-electron chi connectivity index (χ4n) is 4.00. The maximum atomic E-state index is 12.2. The Kier molecular flexibility index (Phi) is 16.4. The van der Waals surface area contributed by atoms with Gasteiger partial charge in [-0.05, 0) is 65.1 Å². The van der Waals surface area contributed by atoms with Gasteiger partial charge in [-0.2, -0.15) is 0 Å². The normalized spacial score (nSPS) is 9.83. The lowest BCUT2D eigenvalue weighted by atomic mass is 9.81. The van der Waals surface area contributed by atoms with E-state index in [1.165, 1.54) is 12.1 Å². The van der Waals surface area contributed by atoms with Crippen LogP contribution in [-0.2, 0) is 13.2 Å². The van der Waals surface area contributed by atoms with Crippen LogP contribution in [0.1, 0.15) is 11.1 Å². The number of nitrogens with zero attached hydrogens (tertiary/aromatic N) is 1. The fraction of sp³-hybridized carbons (Fsp3) is 0.0556. The first-order valence-electron chi connectivity index (χ1n) is 14.4. The summed E-state index contributed by atoms with van der Waals surface area (Å²) in [6.07, 6.45) is 3.30. The van der Waals surface area contributed by atoms with Gasteiger partial charge >= 0.3 is 7.12 Å². The third-order valence-corrected chi connectivity index (χ3v) is 7.46. The first-order valence-corrected chi connectivity index (χ1v) is 16.0. The predicted octanol–water partition coefficient (Wildman–Crippen LogP) is 3.27. The van der Waals surface area contributed by atoms with Crippen molar-refractivity contribution in [1.82, 2.24) is 9.55 Å². The van der Waals surface area contributed by atoms with Crippen molar-refractivity contribution in [2.75, 3.05) is 0 Å². The zero-order chi connectivity index (χ0) is 33.4. The number of halogens is 3. The van der Waals surface area contributed by atoms with E-state index < -0.39 is 7.12 Å². The summed E-state index contributed by atoms with van der Waals surface area (Å²) < 4.78 is 14.6. The highest BCUT2D eigenvalue weighted by atomic mass is 127. The lowest BCUT2D eigenvalue weighted by molar-refractivity contribution is -0.0000126. The highest BCUT2D eigenvalue weighted by Gasteiger charge is 2.08. The first kappa shape index (κ1) is 38.5. The second-order valence-electron chi connectivity index (χ2n) is 9.91. The van der Waals surface area contributed by atoms with E-state index >= 15 is 0 Å². The van der Waals surface area contributed by atoms with E-state index in [-0.39, 0.29) is 35.1 Å². The Labute approximate surface area is 312 Å². The van der Waals surface area contributed by atoms with Crippen molar-refractivity contribution in [3.8, 4) is 17.2 Å². The summed E-state index contributed by atoms with van der Waals surface area (Å²) in [6, 6.07) is 40.5.